The van der Waals surface area contributed by atoms with Crippen LogP contribution in [0.5, 0.6) is 0 Å². The number of rotatable bonds is 1. The summed E-state index contributed by atoms with van der Waals surface area (Å²) in [6.45, 7) is 0. The Labute approximate surface area is 123 Å². The fraction of sp³-hybridized carbons (Fsp3) is 0.0667. The lowest BCUT2D eigenvalue weighted by Crippen LogP contribution is -2.12. The van der Waals surface area contributed by atoms with Crippen molar-refractivity contribution < 1.29 is 13.2 Å². The predicted molar refractivity (Wildman–Crippen MR) is 75.0 cm³/mol. The summed E-state index contributed by atoms with van der Waals surface area (Å²) >= 11 is 5.85. The maximum atomic E-state index is 13.2. The Morgan fingerprint density at radius 1 is 0.857 bits per heavy atom. The molecule has 0 N–H and O–H groups in total. The number of hydrogen-bond acceptors (Lipinski definition) is 2. The SMILES string of the molecule is FC(F)(F)c1nc2ccccc2nc1-c1cccc(Cl)c1. The van der Waals surface area contributed by atoms with E-state index in [0.29, 0.717) is 10.5 Å². The molecule has 0 aliphatic carbocycles. The summed E-state index contributed by atoms with van der Waals surface area (Å²) in [5, 5.41) is 0.343. The van der Waals surface area contributed by atoms with Crippen LogP contribution in [0.2, 0.25) is 5.02 Å². The van der Waals surface area contributed by atoms with Crippen LogP contribution in [0.3, 0.4) is 0 Å². The second-order valence-electron chi connectivity index (χ2n) is 4.42. The van der Waals surface area contributed by atoms with Crippen molar-refractivity contribution in [3.63, 3.8) is 0 Å². The normalized spacial score (nSPS) is 11.8. The molecule has 3 rings (SSSR count). The fourth-order valence-electron chi connectivity index (χ4n) is 2.03. The van der Waals surface area contributed by atoms with Gasteiger partial charge in [-0.1, -0.05) is 35.9 Å². The van der Waals surface area contributed by atoms with Crippen LogP contribution in [0.1, 0.15) is 5.69 Å². The van der Waals surface area contributed by atoms with E-state index in [9.17, 15) is 13.2 Å². The van der Waals surface area contributed by atoms with Gasteiger partial charge in [-0.2, -0.15) is 13.2 Å². The van der Waals surface area contributed by atoms with Crippen molar-refractivity contribution in [1.29, 1.82) is 0 Å². The van der Waals surface area contributed by atoms with Crippen molar-refractivity contribution in [2.75, 3.05) is 0 Å². The van der Waals surface area contributed by atoms with Crippen molar-refractivity contribution >= 4 is 22.6 Å². The number of hydrogen-bond donors (Lipinski definition) is 0. The van der Waals surface area contributed by atoms with Crippen molar-refractivity contribution in [3.8, 4) is 11.3 Å². The van der Waals surface area contributed by atoms with Crippen LogP contribution >= 0.6 is 11.6 Å². The number of nitrogens with zero attached hydrogens (tertiary/aromatic N) is 2. The highest BCUT2D eigenvalue weighted by atomic mass is 35.5. The number of halogens is 4. The molecule has 0 radical (unpaired) electrons. The summed E-state index contributed by atoms with van der Waals surface area (Å²) < 4.78 is 39.7. The van der Waals surface area contributed by atoms with E-state index in [0.717, 1.165) is 0 Å². The van der Waals surface area contributed by atoms with E-state index >= 15 is 0 Å². The largest absolute Gasteiger partial charge is 0.435 e. The summed E-state index contributed by atoms with van der Waals surface area (Å²) in [4.78, 5) is 7.83. The summed E-state index contributed by atoms with van der Waals surface area (Å²) in [6.07, 6.45) is -4.59. The first-order chi connectivity index (χ1) is 9.95. The first kappa shape index (κ1) is 13.8. The second-order valence-corrected chi connectivity index (χ2v) is 4.85. The summed E-state index contributed by atoms with van der Waals surface area (Å²) in [5.74, 6) is 0. The van der Waals surface area contributed by atoms with Crippen LogP contribution in [0.25, 0.3) is 22.3 Å². The molecular weight excluding hydrogens is 301 g/mol. The number of benzene rings is 2. The molecule has 0 atom stereocenters. The van der Waals surface area contributed by atoms with E-state index in [1.165, 1.54) is 18.2 Å². The first-order valence-electron chi connectivity index (χ1n) is 6.05. The fourth-order valence-corrected chi connectivity index (χ4v) is 2.23. The van der Waals surface area contributed by atoms with E-state index in [1.54, 1.807) is 30.3 Å². The van der Waals surface area contributed by atoms with E-state index in [-0.39, 0.29) is 16.8 Å². The average molecular weight is 309 g/mol. The van der Waals surface area contributed by atoms with Gasteiger partial charge in [0, 0.05) is 10.6 Å². The summed E-state index contributed by atoms with van der Waals surface area (Å²) in [6, 6.07) is 12.6. The maximum Gasteiger partial charge on any atom is 0.435 e. The molecule has 0 fully saturated rings. The van der Waals surface area contributed by atoms with Crippen molar-refractivity contribution in [3.05, 3.63) is 59.2 Å². The first-order valence-corrected chi connectivity index (χ1v) is 6.43. The molecule has 0 spiro atoms. The zero-order valence-corrected chi connectivity index (χ0v) is 11.3. The number of fused-ring (bicyclic) bond motifs is 1. The molecule has 2 nitrogen and oxygen atoms in total. The van der Waals surface area contributed by atoms with Gasteiger partial charge < -0.3 is 0 Å². The molecule has 0 aliphatic rings. The minimum Gasteiger partial charge on any atom is -0.244 e. The summed E-state index contributed by atoms with van der Waals surface area (Å²) in [5.41, 5.74) is -0.337. The van der Waals surface area contributed by atoms with Crippen molar-refractivity contribution in [2.24, 2.45) is 0 Å². The third-order valence-electron chi connectivity index (χ3n) is 2.94. The van der Waals surface area contributed by atoms with Crippen LogP contribution in [-0.4, -0.2) is 9.97 Å². The van der Waals surface area contributed by atoms with E-state index in [4.69, 9.17) is 11.6 Å². The molecule has 0 saturated carbocycles. The van der Waals surface area contributed by atoms with Crippen LogP contribution in [0.15, 0.2) is 48.5 Å². The summed E-state index contributed by atoms with van der Waals surface area (Å²) in [7, 11) is 0. The van der Waals surface area contributed by atoms with Crippen LogP contribution < -0.4 is 0 Å². The van der Waals surface area contributed by atoms with Gasteiger partial charge in [-0.05, 0) is 24.3 Å². The second kappa shape index (κ2) is 5.00. The predicted octanol–water partition coefficient (Wildman–Crippen LogP) is 4.97. The van der Waals surface area contributed by atoms with Gasteiger partial charge in [-0.15, -0.1) is 0 Å². The van der Waals surface area contributed by atoms with E-state index < -0.39 is 11.9 Å². The van der Waals surface area contributed by atoms with E-state index in [1.807, 2.05) is 0 Å². The lowest BCUT2D eigenvalue weighted by atomic mass is 10.1. The van der Waals surface area contributed by atoms with E-state index in [2.05, 4.69) is 9.97 Å². The van der Waals surface area contributed by atoms with Gasteiger partial charge in [0.1, 0.15) is 5.69 Å². The van der Waals surface area contributed by atoms with Gasteiger partial charge in [0.15, 0.2) is 5.69 Å². The molecule has 1 heterocycles. The van der Waals surface area contributed by atoms with Gasteiger partial charge in [-0.25, -0.2) is 9.97 Å². The van der Waals surface area contributed by atoms with Crippen LogP contribution in [0.4, 0.5) is 13.2 Å². The molecule has 6 heteroatoms. The lowest BCUT2D eigenvalue weighted by Gasteiger charge is -2.12. The van der Waals surface area contributed by atoms with Gasteiger partial charge in [-0.3, -0.25) is 0 Å². The zero-order chi connectivity index (χ0) is 15.0. The molecular formula is C15H8ClF3N2. The monoisotopic (exact) mass is 308 g/mol. The number of aromatic nitrogens is 2. The van der Waals surface area contributed by atoms with Gasteiger partial charge in [0.2, 0.25) is 0 Å². The molecule has 3 aromatic rings. The molecule has 0 unspecified atom stereocenters. The molecule has 1 aromatic heterocycles. The number of para-hydroxylation sites is 2. The smallest absolute Gasteiger partial charge is 0.244 e. The van der Waals surface area contributed by atoms with Gasteiger partial charge >= 0.3 is 6.18 Å². The highest BCUT2D eigenvalue weighted by molar-refractivity contribution is 6.30. The Balaban J connectivity index is 2.33. The Kier molecular flexibility index (Phi) is 3.29. The molecule has 0 bridgehead atoms. The van der Waals surface area contributed by atoms with Gasteiger partial charge in [0.25, 0.3) is 0 Å². The quantitative estimate of drug-likeness (QED) is 0.634. The zero-order valence-electron chi connectivity index (χ0n) is 10.5. The maximum absolute atomic E-state index is 13.2. The molecule has 0 saturated heterocycles. The molecule has 0 amide bonds. The molecule has 0 aliphatic heterocycles. The minimum atomic E-state index is -4.59. The topological polar surface area (TPSA) is 25.8 Å². The Hall–Kier alpha value is -2.14. The third-order valence-corrected chi connectivity index (χ3v) is 3.17. The van der Waals surface area contributed by atoms with Crippen molar-refractivity contribution in [2.45, 2.75) is 6.18 Å². The highest BCUT2D eigenvalue weighted by Crippen LogP contribution is 2.36. The molecule has 21 heavy (non-hydrogen) atoms. The minimum absolute atomic E-state index is 0.204. The highest BCUT2D eigenvalue weighted by Gasteiger charge is 2.37. The average Bonchev–Trinajstić information content (AvgIpc) is 2.45. The lowest BCUT2D eigenvalue weighted by molar-refractivity contribution is -0.140. The Morgan fingerprint density at radius 2 is 1.52 bits per heavy atom. The Morgan fingerprint density at radius 3 is 2.14 bits per heavy atom. The van der Waals surface area contributed by atoms with Crippen molar-refractivity contribution in [1.82, 2.24) is 9.97 Å². The van der Waals surface area contributed by atoms with Crippen LogP contribution in [0, 0.1) is 0 Å². The van der Waals surface area contributed by atoms with Crippen LogP contribution in [-0.2, 0) is 6.18 Å². The third kappa shape index (κ3) is 2.69. The van der Waals surface area contributed by atoms with Gasteiger partial charge in [0.05, 0.1) is 11.0 Å². The number of alkyl halides is 3. The molecule has 106 valence electrons. The standard InChI is InChI=1S/C15H8ClF3N2/c16-10-5-3-4-9(8-10)13-14(15(17,18)19)21-12-7-2-1-6-11(12)20-13/h1-8H. The molecule has 2 aromatic carbocycles. The Bertz CT molecular complexity index is 815.